The summed E-state index contributed by atoms with van der Waals surface area (Å²) in [4.78, 5) is 12.3. The molecule has 30 heavy (non-hydrogen) atoms. The van der Waals surface area contributed by atoms with Crippen molar-refractivity contribution in [1.29, 1.82) is 0 Å². The average Bonchev–Trinajstić information content (AvgIpc) is 3.19. The van der Waals surface area contributed by atoms with Crippen LogP contribution >= 0.6 is 11.8 Å². The lowest BCUT2D eigenvalue weighted by Gasteiger charge is -2.07. The Morgan fingerprint density at radius 2 is 1.97 bits per heavy atom. The molecule has 0 spiro atoms. The Balaban J connectivity index is 1.62. The smallest absolute Gasteiger partial charge is 0.250 e. The minimum atomic E-state index is -0.204. The van der Waals surface area contributed by atoms with Crippen molar-refractivity contribution < 1.29 is 9.53 Å². The van der Waals surface area contributed by atoms with Crippen LogP contribution in [0.4, 0.5) is 0 Å². The van der Waals surface area contributed by atoms with Gasteiger partial charge < -0.3 is 9.30 Å². The molecule has 0 fully saturated rings. The predicted molar refractivity (Wildman–Crippen MR) is 120 cm³/mol. The second kappa shape index (κ2) is 10.1. The van der Waals surface area contributed by atoms with Gasteiger partial charge in [-0.3, -0.25) is 4.79 Å². The molecule has 1 N–H and O–H groups in total. The number of thioether (sulfide) groups is 1. The van der Waals surface area contributed by atoms with Gasteiger partial charge in [0.25, 0.3) is 5.91 Å². The van der Waals surface area contributed by atoms with Gasteiger partial charge in [-0.1, -0.05) is 53.7 Å². The van der Waals surface area contributed by atoms with E-state index >= 15 is 0 Å². The number of carbonyl (C=O) groups excluding carboxylic acids is 1. The number of hydrazone groups is 1. The number of rotatable bonds is 8. The number of hydrogen-bond acceptors (Lipinski definition) is 6. The molecule has 1 heterocycles. The van der Waals surface area contributed by atoms with Crippen LogP contribution in [0.5, 0.6) is 5.75 Å². The molecule has 7 nitrogen and oxygen atoms in total. The van der Waals surface area contributed by atoms with E-state index in [9.17, 15) is 4.79 Å². The van der Waals surface area contributed by atoms with E-state index < -0.39 is 0 Å². The molecule has 0 atom stereocenters. The highest BCUT2D eigenvalue weighted by Crippen LogP contribution is 2.24. The van der Waals surface area contributed by atoms with Crippen molar-refractivity contribution in [2.45, 2.75) is 32.5 Å². The zero-order chi connectivity index (χ0) is 21.5. The van der Waals surface area contributed by atoms with Crippen LogP contribution in [0.3, 0.4) is 0 Å². The van der Waals surface area contributed by atoms with Gasteiger partial charge in [-0.05, 0) is 32.9 Å². The number of methoxy groups -OCH3 is 1. The number of aryl methyl sites for hydroxylation is 1. The number of amides is 1. The maximum absolute atomic E-state index is 12.3. The molecule has 0 saturated heterocycles. The zero-order valence-corrected chi connectivity index (χ0v) is 18.4. The molecule has 0 radical (unpaired) electrons. The maximum atomic E-state index is 12.3. The Hall–Kier alpha value is -3.13. The summed E-state index contributed by atoms with van der Waals surface area (Å²) in [5.41, 5.74) is 6.38. The molecule has 0 aliphatic heterocycles. The summed E-state index contributed by atoms with van der Waals surface area (Å²) in [6, 6.07) is 15.7. The first-order valence-electron chi connectivity index (χ1n) is 9.62. The van der Waals surface area contributed by atoms with E-state index in [2.05, 4.69) is 20.7 Å². The summed E-state index contributed by atoms with van der Waals surface area (Å²) in [7, 11) is 1.61. The third kappa shape index (κ3) is 5.27. The van der Waals surface area contributed by atoms with E-state index in [4.69, 9.17) is 4.74 Å². The molecule has 0 aliphatic carbocycles. The highest BCUT2D eigenvalue weighted by atomic mass is 32.2. The Bertz CT molecular complexity index is 1040. The van der Waals surface area contributed by atoms with Crippen molar-refractivity contribution in [3.63, 3.8) is 0 Å². The summed E-state index contributed by atoms with van der Waals surface area (Å²) in [6.07, 6.45) is 0. The van der Waals surface area contributed by atoms with Gasteiger partial charge in [-0.2, -0.15) is 5.10 Å². The summed E-state index contributed by atoms with van der Waals surface area (Å²) >= 11 is 1.34. The normalized spacial score (nSPS) is 11.4. The SMILES string of the molecule is CCn1c(SCC(=O)N/N=C(/C)c2cccc(OC)c2)nnc1-c1ccc(C)cc1. The third-order valence-corrected chi connectivity index (χ3v) is 5.48. The number of aromatic nitrogens is 3. The summed E-state index contributed by atoms with van der Waals surface area (Å²) in [5, 5.41) is 13.5. The molecule has 0 unspecified atom stereocenters. The predicted octanol–water partition coefficient (Wildman–Crippen LogP) is 3.91. The Labute approximate surface area is 180 Å². The zero-order valence-electron chi connectivity index (χ0n) is 17.5. The van der Waals surface area contributed by atoms with E-state index in [1.807, 2.05) is 73.9 Å². The van der Waals surface area contributed by atoms with Crippen LogP contribution in [0.1, 0.15) is 25.0 Å². The Morgan fingerprint density at radius 1 is 1.20 bits per heavy atom. The molecule has 3 rings (SSSR count). The summed E-state index contributed by atoms with van der Waals surface area (Å²) < 4.78 is 7.23. The third-order valence-electron chi connectivity index (χ3n) is 4.51. The van der Waals surface area contributed by atoms with Gasteiger partial charge in [0.1, 0.15) is 5.75 Å². The number of nitrogens with zero attached hydrogens (tertiary/aromatic N) is 4. The van der Waals surface area contributed by atoms with Gasteiger partial charge in [0.05, 0.1) is 18.6 Å². The number of benzene rings is 2. The molecule has 0 saturated carbocycles. The summed E-state index contributed by atoms with van der Waals surface area (Å²) in [6.45, 7) is 6.64. The molecular formula is C22H25N5O2S. The minimum Gasteiger partial charge on any atom is -0.497 e. The lowest BCUT2D eigenvalue weighted by atomic mass is 10.1. The second-order valence-electron chi connectivity index (χ2n) is 6.67. The van der Waals surface area contributed by atoms with Crippen LogP contribution in [-0.4, -0.2) is 39.2 Å². The Kier molecular flexibility index (Phi) is 7.24. The van der Waals surface area contributed by atoms with Crippen LogP contribution in [0.15, 0.2) is 58.8 Å². The van der Waals surface area contributed by atoms with Crippen LogP contribution in [0.2, 0.25) is 0 Å². The second-order valence-corrected chi connectivity index (χ2v) is 7.61. The monoisotopic (exact) mass is 423 g/mol. The highest BCUT2D eigenvalue weighted by Gasteiger charge is 2.14. The largest absolute Gasteiger partial charge is 0.497 e. The molecule has 1 aromatic heterocycles. The molecule has 8 heteroatoms. The molecule has 156 valence electrons. The highest BCUT2D eigenvalue weighted by molar-refractivity contribution is 7.99. The molecule has 0 aliphatic rings. The Morgan fingerprint density at radius 3 is 2.67 bits per heavy atom. The number of carbonyl (C=O) groups is 1. The van der Waals surface area contributed by atoms with Crippen molar-refractivity contribution in [3.05, 3.63) is 59.7 Å². The van der Waals surface area contributed by atoms with Gasteiger partial charge >= 0.3 is 0 Å². The van der Waals surface area contributed by atoms with Crippen molar-refractivity contribution in [2.75, 3.05) is 12.9 Å². The van der Waals surface area contributed by atoms with E-state index in [0.29, 0.717) is 17.4 Å². The van der Waals surface area contributed by atoms with Crippen molar-refractivity contribution in [3.8, 4) is 17.1 Å². The van der Waals surface area contributed by atoms with E-state index in [1.165, 1.54) is 17.3 Å². The first-order valence-corrected chi connectivity index (χ1v) is 10.6. The first-order chi connectivity index (χ1) is 14.5. The van der Waals surface area contributed by atoms with E-state index in [0.717, 1.165) is 22.7 Å². The quantitative estimate of drug-likeness (QED) is 0.337. The fourth-order valence-electron chi connectivity index (χ4n) is 2.82. The molecule has 0 bridgehead atoms. The molecule has 3 aromatic rings. The first kappa shape index (κ1) is 21.6. The fraction of sp³-hybridized carbons (Fsp3) is 0.273. The summed E-state index contributed by atoms with van der Waals surface area (Å²) in [5.74, 6) is 1.53. The maximum Gasteiger partial charge on any atom is 0.250 e. The minimum absolute atomic E-state index is 0.195. The van der Waals surface area contributed by atoms with Gasteiger partial charge in [-0.25, -0.2) is 5.43 Å². The van der Waals surface area contributed by atoms with E-state index in [-0.39, 0.29) is 11.7 Å². The van der Waals surface area contributed by atoms with Gasteiger partial charge in [0.2, 0.25) is 0 Å². The van der Waals surface area contributed by atoms with Crippen LogP contribution in [0.25, 0.3) is 11.4 Å². The average molecular weight is 424 g/mol. The topological polar surface area (TPSA) is 81.4 Å². The van der Waals surface area contributed by atoms with Crippen LogP contribution in [-0.2, 0) is 11.3 Å². The van der Waals surface area contributed by atoms with E-state index in [1.54, 1.807) is 7.11 Å². The van der Waals surface area contributed by atoms with Gasteiger partial charge in [0, 0.05) is 17.7 Å². The van der Waals surface area contributed by atoms with Crippen molar-refractivity contribution in [1.82, 2.24) is 20.2 Å². The fourth-order valence-corrected chi connectivity index (χ4v) is 3.61. The molecule has 1 amide bonds. The van der Waals surface area contributed by atoms with Crippen molar-refractivity contribution in [2.24, 2.45) is 5.10 Å². The lowest BCUT2D eigenvalue weighted by molar-refractivity contribution is -0.118. The van der Waals surface area contributed by atoms with Gasteiger partial charge in [0.15, 0.2) is 11.0 Å². The van der Waals surface area contributed by atoms with Crippen LogP contribution in [0, 0.1) is 6.92 Å². The van der Waals surface area contributed by atoms with Crippen molar-refractivity contribution >= 4 is 23.4 Å². The standard InChI is InChI=1S/C22H25N5O2S/c1-5-27-21(17-11-9-15(2)10-12-17)25-26-22(27)30-14-20(28)24-23-16(3)18-7-6-8-19(13-18)29-4/h6-13H,5,14H2,1-4H3,(H,24,28)/b23-16-. The van der Waals surface area contributed by atoms with Crippen LogP contribution < -0.4 is 10.2 Å². The molecular weight excluding hydrogens is 398 g/mol. The lowest BCUT2D eigenvalue weighted by Crippen LogP contribution is -2.21. The van der Waals surface area contributed by atoms with Gasteiger partial charge in [-0.15, -0.1) is 10.2 Å². The number of hydrogen-bond donors (Lipinski definition) is 1. The molecule has 2 aromatic carbocycles. The number of nitrogens with one attached hydrogen (secondary N) is 1. The number of ether oxygens (including phenoxy) is 1.